The third kappa shape index (κ3) is 2.91. The molecule has 2 amide bonds. The summed E-state index contributed by atoms with van der Waals surface area (Å²) < 4.78 is 5.56. The summed E-state index contributed by atoms with van der Waals surface area (Å²) in [7, 11) is 1.72. The maximum Gasteiger partial charge on any atom is 0.234 e. The standard InChI is InChI=1S/C14H19N3O3/c1-9(16-13(18)8-15)10-3-4-12-11(7-10)17(2)14(19)5-6-20-12/h3-4,7,9H,5-6,8,15H2,1-2H3,(H,16,18). The Morgan fingerprint density at radius 2 is 2.30 bits per heavy atom. The van der Waals surface area contributed by atoms with Gasteiger partial charge in [-0.15, -0.1) is 0 Å². The van der Waals surface area contributed by atoms with Gasteiger partial charge in [0.2, 0.25) is 11.8 Å². The van der Waals surface area contributed by atoms with Crippen molar-refractivity contribution in [2.75, 3.05) is 25.1 Å². The molecule has 1 aromatic rings. The number of rotatable bonds is 3. The van der Waals surface area contributed by atoms with Crippen LogP contribution in [0.5, 0.6) is 5.75 Å². The van der Waals surface area contributed by atoms with Crippen LogP contribution in [0.2, 0.25) is 0 Å². The molecule has 1 aliphatic heterocycles. The van der Waals surface area contributed by atoms with Gasteiger partial charge in [-0.2, -0.15) is 0 Å². The molecule has 1 heterocycles. The Balaban J connectivity index is 2.28. The highest BCUT2D eigenvalue weighted by Gasteiger charge is 2.21. The van der Waals surface area contributed by atoms with Gasteiger partial charge in [-0.05, 0) is 24.6 Å². The predicted molar refractivity (Wildman–Crippen MR) is 75.6 cm³/mol. The minimum Gasteiger partial charge on any atom is -0.491 e. The second-order valence-electron chi connectivity index (χ2n) is 4.77. The zero-order chi connectivity index (χ0) is 14.7. The normalized spacial score (nSPS) is 15.9. The van der Waals surface area contributed by atoms with Crippen LogP contribution in [0.1, 0.15) is 24.9 Å². The van der Waals surface area contributed by atoms with Gasteiger partial charge in [0.25, 0.3) is 0 Å². The molecule has 6 heteroatoms. The molecule has 0 saturated carbocycles. The average molecular weight is 277 g/mol. The summed E-state index contributed by atoms with van der Waals surface area (Å²) in [5, 5.41) is 2.79. The van der Waals surface area contributed by atoms with E-state index in [0.29, 0.717) is 18.8 Å². The highest BCUT2D eigenvalue weighted by atomic mass is 16.5. The van der Waals surface area contributed by atoms with Crippen molar-refractivity contribution in [1.29, 1.82) is 0 Å². The van der Waals surface area contributed by atoms with Gasteiger partial charge < -0.3 is 20.7 Å². The van der Waals surface area contributed by atoms with Crippen molar-refractivity contribution in [3.05, 3.63) is 23.8 Å². The van der Waals surface area contributed by atoms with Crippen LogP contribution in [0.15, 0.2) is 18.2 Å². The Bertz CT molecular complexity index is 530. The molecule has 1 atom stereocenters. The van der Waals surface area contributed by atoms with Crippen LogP contribution in [0, 0.1) is 0 Å². The minimum absolute atomic E-state index is 0.0135. The Morgan fingerprint density at radius 1 is 1.55 bits per heavy atom. The quantitative estimate of drug-likeness (QED) is 0.846. The fourth-order valence-corrected chi connectivity index (χ4v) is 2.12. The Kier molecular flexibility index (Phi) is 4.24. The fraction of sp³-hybridized carbons (Fsp3) is 0.429. The molecule has 0 aliphatic carbocycles. The van der Waals surface area contributed by atoms with Crippen LogP contribution in [0.4, 0.5) is 5.69 Å². The molecule has 0 bridgehead atoms. The first-order chi connectivity index (χ1) is 9.52. The lowest BCUT2D eigenvalue weighted by Crippen LogP contribution is -2.32. The fourth-order valence-electron chi connectivity index (χ4n) is 2.12. The summed E-state index contributed by atoms with van der Waals surface area (Å²) in [6.07, 6.45) is 0.361. The molecule has 2 rings (SSSR count). The number of carbonyl (C=O) groups excluding carboxylic acids is 2. The highest BCUT2D eigenvalue weighted by molar-refractivity contribution is 5.95. The molecular weight excluding hydrogens is 258 g/mol. The maximum atomic E-state index is 11.8. The Morgan fingerprint density at radius 3 is 3.00 bits per heavy atom. The molecule has 108 valence electrons. The van der Waals surface area contributed by atoms with Gasteiger partial charge in [0, 0.05) is 7.05 Å². The van der Waals surface area contributed by atoms with Gasteiger partial charge in [0.05, 0.1) is 31.3 Å². The monoisotopic (exact) mass is 277 g/mol. The number of nitrogens with one attached hydrogen (secondary N) is 1. The lowest BCUT2D eigenvalue weighted by Gasteiger charge is -2.20. The van der Waals surface area contributed by atoms with Gasteiger partial charge in [-0.1, -0.05) is 6.07 Å². The van der Waals surface area contributed by atoms with Gasteiger partial charge in [0.1, 0.15) is 5.75 Å². The van der Waals surface area contributed by atoms with Crippen molar-refractivity contribution in [3.8, 4) is 5.75 Å². The summed E-state index contributed by atoms with van der Waals surface area (Å²) in [6.45, 7) is 2.21. The number of carbonyl (C=O) groups is 2. The van der Waals surface area contributed by atoms with Gasteiger partial charge >= 0.3 is 0 Å². The molecule has 1 aromatic carbocycles. The van der Waals surface area contributed by atoms with Crippen LogP contribution < -0.4 is 20.7 Å². The second kappa shape index (κ2) is 5.92. The van der Waals surface area contributed by atoms with E-state index in [1.165, 1.54) is 0 Å². The topological polar surface area (TPSA) is 84.7 Å². The number of benzene rings is 1. The zero-order valence-electron chi connectivity index (χ0n) is 11.7. The number of amides is 2. The molecule has 1 unspecified atom stereocenters. The maximum absolute atomic E-state index is 11.8. The van der Waals surface area contributed by atoms with Crippen molar-refractivity contribution in [2.45, 2.75) is 19.4 Å². The first-order valence-electron chi connectivity index (χ1n) is 6.55. The molecule has 0 aromatic heterocycles. The van der Waals surface area contributed by atoms with Gasteiger partial charge in [-0.3, -0.25) is 9.59 Å². The van der Waals surface area contributed by atoms with E-state index in [9.17, 15) is 9.59 Å². The number of nitrogens with zero attached hydrogens (tertiary/aromatic N) is 1. The summed E-state index contributed by atoms with van der Waals surface area (Å²) in [5.74, 6) is 0.479. The number of anilines is 1. The third-order valence-electron chi connectivity index (χ3n) is 3.35. The highest BCUT2D eigenvalue weighted by Crippen LogP contribution is 2.33. The summed E-state index contributed by atoms with van der Waals surface area (Å²) in [6, 6.07) is 5.39. The van der Waals surface area contributed by atoms with E-state index in [-0.39, 0.29) is 24.4 Å². The summed E-state index contributed by atoms with van der Waals surface area (Å²) >= 11 is 0. The Labute approximate surface area is 117 Å². The van der Waals surface area contributed by atoms with Crippen molar-refractivity contribution in [2.24, 2.45) is 5.73 Å². The summed E-state index contributed by atoms with van der Waals surface area (Å²) in [5.41, 5.74) is 6.91. The van der Waals surface area contributed by atoms with Crippen LogP contribution in [-0.4, -0.2) is 32.0 Å². The average Bonchev–Trinajstić information content (AvgIpc) is 2.58. The zero-order valence-corrected chi connectivity index (χ0v) is 11.7. The molecule has 0 spiro atoms. The molecule has 20 heavy (non-hydrogen) atoms. The molecule has 6 nitrogen and oxygen atoms in total. The van der Waals surface area contributed by atoms with E-state index in [0.717, 1.165) is 11.3 Å². The molecular formula is C14H19N3O3. The molecule has 0 saturated heterocycles. The molecule has 0 fully saturated rings. The smallest absolute Gasteiger partial charge is 0.234 e. The van der Waals surface area contributed by atoms with Crippen LogP contribution in [0.3, 0.4) is 0 Å². The van der Waals surface area contributed by atoms with E-state index in [2.05, 4.69) is 5.32 Å². The largest absolute Gasteiger partial charge is 0.491 e. The number of hydrogen-bond donors (Lipinski definition) is 2. The van der Waals surface area contributed by atoms with Crippen molar-refractivity contribution in [3.63, 3.8) is 0 Å². The third-order valence-corrected chi connectivity index (χ3v) is 3.35. The lowest BCUT2D eigenvalue weighted by atomic mass is 10.1. The summed E-state index contributed by atoms with van der Waals surface area (Å²) in [4.78, 5) is 24.8. The SMILES string of the molecule is CC(NC(=O)CN)c1ccc2c(c1)N(C)C(=O)CCO2. The van der Waals surface area contributed by atoms with Crippen molar-refractivity contribution < 1.29 is 14.3 Å². The number of ether oxygens (including phenoxy) is 1. The van der Waals surface area contributed by atoms with E-state index in [1.807, 2.05) is 25.1 Å². The van der Waals surface area contributed by atoms with Crippen LogP contribution in [0.25, 0.3) is 0 Å². The number of hydrogen-bond acceptors (Lipinski definition) is 4. The van der Waals surface area contributed by atoms with Crippen LogP contribution in [-0.2, 0) is 9.59 Å². The molecule has 0 radical (unpaired) electrons. The van der Waals surface area contributed by atoms with E-state index < -0.39 is 0 Å². The van der Waals surface area contributed by atoms with E-state index in [4.69, 9.17) is 10.5 Å². The van der Waals surface area contributed by atoms with Crippen molar-refractivity contribution in [1.82, 2.24) is 5.32 Å². The molecule has 1 aliphatic rings. The van der Waals surface area contributed by atoms with Crippen molar-refractivity contribution >= 4 is 17.5 Å². The van der Waals surface area contributed by atoms with E-state index >= 15 is 0 Å². The molecule has 3 N–H and O–H groups in total. The first kappa shape index (κ1) is 14.3. The van der Waals surface area contributed by atoms with E-state index in [1.54, 1.807) is 11.9 Å². The minimum atomic E-state index is -0.215. The Hall–Kier alpha value is -2.08. The van der Waals surface area contributed by atoms with Gasteiger partial charge in [0.15, 0.2) is 0 Å². The predicted octanol–water partition coefficient (Wildman–Crippen LogP) is 0.568. The number of fused-ring (bicyclic) bond motifs is 1. The first-order valence-corrected chi connectivity index (χ1v) is 6.55. The van der Waals surface area contributed by atoms with Crippen LogP contribution >= 0.6 is 0 Å². The number of nitrogens with two attached hydrogens (primary N) is 1. The van der Waals surface area contributed by atoms with Gasteiger partial charge in [-0.25, -0.2) is 0 Å². The lowest BCUT2D eigenvalue weighted by molar-refractivity contribution is -0.120. The second-order valence-corrected chi connectivity index (χ2v) is 4.77.